The Kier molecular flexibility index (Phi) is 5.31. The van der Waals surface area contributed by atoms with Gasteiger partial charge in [0.15, 0.2) is 0 Å². The summed E-state index contributed by atoms with van der Waals surface area (Å²) < 4.78 is 9.27. The predicted octanol–water partition coefficient (Wildman–Crippen LogP) is 2.56. The van der Waals surface area contributed by atoms with Crippen LogP contribution in [0.5, 0.6) is 5.75 Å². The van der Waals surface area contributed by atoms with Gasteiger partial charge in [0.05, 0.1) is 12.2 Å². The monoisotopic (exact) mass is 311 g/mol. The molecule has 20 heavy (non-hydrogen) atoms. The first-order valence-corrected chi connectivity index (χ1v) is 7.33. The third-order valence-corrected chi connectivity index (χ3v) is 3.55. The highest BCUT2D eigenvalue weighted by Gasteiger charge is 2.14. The first-order valence-electron chi connectivity index (χ1n) is 6.18. The van der Waals surface area contributed by atoms with Crippen LogP contribution in [-0.4, -0.2) is 28.6 Å². The number of aromatic nitrogens is 2. The van der Waals surface area contributed by atoms with Gasteiger partial charge in [0, 0.05) is 5.02 Å². The van der Waals surface area contributed by atoms with Crippen LogP contribution >= 0.6 is 23.1 Å². The number of nitrogens with zero attached hydrogens (tertiary/aromatic N) is 2. The SMILES string of the molecule is CCc1nnsc1C(=O)NCCOc1cccc(Cl)c1. The number of ether oxygens (including phenoxy) is 1. The van der Waals surface area contributed by atoms with Crippen LogP contribution in [0.25, 0.3) is 0 Å². The molecule has 0 aliphatic rings. The Hall–Kier alpha value is -1.66. The quantitative estimate of drug-likeness (QED) is 0.833. The summed E-state index contributed by atoms with van der Waals surface area (Å²) in [4.78, 5) is 12.5. The summed E-state index contributed by atoms with van der Waals surface area (Å²) in [5.41, 5.74) is 0.725. The van der Waals surface area contributed by atoms with Gasteiger partial charge in [-0.05, 0) is 36.2 Å². The van der Waals surface area contributed by atoms with Crippen LogP contribution < -0.4 is 10.1 Å². The van der Waals surface area contributed by atoms with Crippen molar-refractivity contribution in [2.75, 3.05) is 13.2 Å². The highest BCUT2D eigenvalue weighted by Crippen LogP contribution is 2.16. The minimum Gasteiger partial charge on any atom is -0.492 e. The first kappa shape index (κ1) is 14.7. The molecule has 7 heteroatoms. The van der Waals surface area contributed by atoms with E-state index in [2.05, 4.69) is 14.9 Å². The van der Waals surface area contributed by atoms with Crippen LogP contribution in [0.2, 0.25) is 5.02 Å². The van der Waals surface area contributed by atoms with E-state index in [0.29, 0.717) is 35.2 Å². The Morgan fingerprint density at radius 2 is 2.35 bits per heavy atom. The molecule has 0 spiro atoms. The van der Waals surface area contributed by atoms with E-state index in [9.17, 15) is 4.79 Å². The van der Waals surface area contributed by atoms with Crippen LogP contribution in [-0.2, 0) is 6.42 Å². The Morgan fingerprint density at radius 1 is 1.50 bits per heavy atom. The van der Waals surface area contributed by atoms with Gasteiger partial charge >= 0.3 is 0 Å². The number of carbonyl (C=O) groups excluding carboxylic acids is 1. The Labute approximate surface area is 126 Å². The molecule has 1 amide bonds. The smallest absolute Gasteiger partial charge is 0.265 e. The second-order valence-corrected chi connectivity index (χ2v) is 5.15. The maximum atomic E-state index is 11.9. The number of hydrogen-bond donors (Lipinski definition) is 1. The van der Waals surface area contributed by atoms with Gasteiger partial charge in [-0.25, -0.2) is 0 Å². The Balaban J connectivity index is 1.77. The molecule has 1 heterocycles. The molecule has 0 unspecified atom stereocenters. The summed E-state index contributed by atoms with van der Waals surface area (Å²) >= 11 is 6.95. The van der Waals surface area contributed by atoms with E-state index in [1.807, 2.05) is 19.1 Å². The molecule has 5 nitrogen and oxygen atoms in total. The first-order chi connectivity index (χ1) is 9.70. The van der Waals surface area contributed by atoms with Crippen LogP contribution in [0.4, 0.5) is 0 Å². The van der Waals surface area contributed by atoms with E-state index in [1.54, 1.807) is 12.1 Å². The van der Waals surface area contributed by atoms with Crippen molar-refractivity contribution in [2.45, 2.75) is 13.3 Å². The number of aryl methyl sites for hydroxylation is 1. The van der Waals surface area contributed by atoms with Gasteiger partial charge < -0.3 is 10.1 Å². The average Bonchev–Trinajstić information content (AvgIpc) is 2.92. The molecule has 1 aromatic carbocycles. The zero-order chi connectivity index (χ0) is 14.4. The van der Waals surface area contributed by atoms with Crippen molar-refractivity contribution in [1.82, 2.24) is 14.9 Å². The number of carbonyl (C=O) groups is 1. The molecule has 0 aliphatic heterocycles. The van der Waals surface area contributed by atoms with Gasteiger partial charge in [0.25, 0.3) is 5.91 Å². The number of amides is 1. The number of benzene rings is 1. The summed E-state index contributed by atoms with van der Waals surface area (Å²) in [6.45, 7) is 2.72. The van der Waals surface area contributed by atoms with E-state index in [-0.39, 0.29) is 5.91 Å². The van der Waals surface area contributed by atoms with Gasteiger partial charge in [-0.3, -0.25) is 4.79 Å². The number of hydrogen-bond acceptors (Lipinski definition) is 5. The summed E-state index contributed by atoms with van der Waals surface area (Å²) in [6, 6.07) is 7.13. The highest BCUT2D eigenvalue weighted by atomic mass is 35.5. The van der Waals surface area contributed by atoms with E-state index in [1.165, 1.54) is 0 Å². The van der Waals surface area contributed by atoms with Crippen molar-refractivity contribution < 1.29 is 9.53 Å². The molecular formula is C13H14ClN3O2S. The normalized spacial score (nSPS) is 10.3. The van der Waals surface area contributed by atoms with Crippen LogP contribution in [0.1, 0.15) is 22.3 Å². The zero-order valence-electron chi connectivity index (χ0n) is 10.9. The molecule has 0 bridgehead atoms. The number of nitrogens with one attached hydrogen (secondary N) is 1. The van der Waals surface area contributed by atoms with Crippen molar-refractivity contribution in [1.29, 1.82) is 0 Å². The maximum Gasteiger partial charge on any atom is 0.265 e. The van der Waals surface area contributed by atoms with Gasteiger partial charge in [0.2, 0.25) is 0 Å². The molecule has 0 fully saturated rings. The number of halogens is 1. The second-order valence-electron chi connectivity index (χ2n) is 3.96. The van der Waals surface area contributed by atoms with Crippen molar-refractivity contribution in [3.05, 3.63) is 39.9 Å². The largest absolute Gasteiger partial charge is 0.492 e. The Morgan fingerprint density at radius 3 is 3.10 bits per heavy atom. The molecule has 0 radical (unpaired) electrons. The zero-order valence-corrected chi connectivity index (χ0v) is 12.5. The highest BCUT2D eigenvalue weighted by molar-refractivity contribution is 7.08. The lowest BCUT2D eigenvalue weighted by atomic mass is 10.3. The van der Waals surface area contributed by atoms with Crippen molar-refractivity contribution in [2.24, 2.45) is 0 Å². The predicted molar refractivity (Wildman–Crippen MR) is 78.6 cm³/mol. The maximum absolute atomic E-state index is 11.9. The van der Waals surface area contributed by atoms with E-state index in [0.717, 1.165) is 17.2 Å². The van der Waals surface area contributed by atoms with Crippen molar-refractivity contribution in [3.8, 4) is 5.75 Å². The van der Waals surface area contributed by atoms with Crippen LogP contribution in [0.15, 0.2) is 24.3 Å². The molecule has 2 aromatic rings. The summed E-state index contributed by atoms with van der Waals surface area (Å²) in [5.74, 6) is 0.520. The van der Waals surface area contributed by atoms with Crippen LogP contribution in [0.3, 0.4) is 0 Å². The third kappa shape index (κ3) is 3.91. The summed E-state index contributed by atoms with van der Waals surface area (Å²) in [7, 11) is 0. The lowest BCUT2D eigenvalue weighted by Gasteiger charge is -2.07. The minimum absolute atomic E-state index is 0.161. The molecule has 1 aromatic heterocycles. The van der Waals surface area contributed by atoms with Crippen LogP contribution in [0, 0.1) is 0 Å². The van der Waals surface area contributed by atoms with E-state index >= 15 is 0 Å². The van der Waals surface area contributed by atoms with Gasteiger partial charge in [-0.15, -0.1) is 5.10 Å². The third-order valence-electron chi connectivity index (χ3n) is 2.55. The fourth-order valence-corrected chi connectivity index (χ4v) is 2.43. The van der Waals surface area contributed by atoms with Gasteiger partial charge in [-0.1, -0.05) is 29.1 Å². The van der Waals surface area contributed by atoms with Crippen molar-refractivity contribution >= 4 is 29.0 Å². The molecule has 0 atom stereocenters. The van der Waals surface area contributed by atoms with Gasteiger partial charge in [0.1, 0.15) is 17.2 Å². The molecule has 1 N–H and O–H groups in total. The van der Waals surface area contributed by atoms with Gasteiger partial charge in [-0.2, -0.15) is 0 Å². The fourth-order valence-electron chi connectivity index (χ4n) is 1.58. The lowest BCUT2D eigenvalue weighted by molar-refractivity contribution is 0.0950. The average molecular weight is 312 g/mol. The molecule has 2 rings (SSSR count). The summed E-state index contributed by atoms with van der Waals surface area (Å²) in [6.07, 6.45) is 0.693. The van der Waals surface area contributed by atoms with Crippen molar-refractivity contribution in [3.63, 3.8) is 0 Å². The van der Waals surface area contributed by atoms with E-state index in [4.69, 9.17) is 16.3 Å². The standard InChI is InChI=1S/C13H14ClN3O2S/c1-2-11-12(20-17-16-11)13(18)15-6-7-19-10-5-3-4-9(14)8-10/h3-5,8H,2,6-7H2,1H3,(H,15,18). The molecule has 0 aliphatic carbocycles. The summed E-state index contributed by atoms with van der Waals surface area (Å²) in [5, 5.41) is 7.30. The molecular weight excluding hydrogens is 298 g/mol. The number of rotatable bonds is 6. The molecule has 0 saturated carbocycles. The minimum atomic E-state index is -0.161. The molecule has 0 saturated heterocycles. The lowest BCUT2D eigenvalue weighted by Crippen LogP contribution is -2.28. The topological polar surface area (TPSA) is 64.1 Å². The molecule has 106 valence electrons. The van der Waals surface area contributed by atoms with E-state index < -0.39 is 0 Å². The Bertz CT molecular complexity index is 589. The fraction of sp³-hybridized carbons (Fsp3) is 0.308. The second kappa shape index (κ2) is 7.21.